The highest BCUT2D eigenvalue weighted by Crippen LogP contribution is 2.19. The Kier molecular flexibility index (Phi) is 5.60. The van der Waals surface area contributed by atoms with Gasteiger partial charge in [-0.25, -0.2) is 4.79 Å². The molecule has 94 valence electrons. The number of carbonyl (C=O) groups is 1. The van der Waals surface area contributed by atoms with Crippen LogP contribution >= 0.6 is 0 Å². The highest BCUT2D eigenvalue weighted by Gasteiger charge is 2.25. The standard InChI is InChI=1S/C12H24N2O2/c1-3-14(4-2)12(15)16-11-9-7-5-6-8-10(11)13/h10-11H,3-9,13H2,1-2H3. The van der Waals surface area contributed by atoms with Crippen LogP contribution in [-0.4, -0.2) is 36.2 Å². The second-order valence-electron chi connectivity index (χ2n) is 4.40. The SMILES string of the molecule is CCN(CC)C(=O)OC1CCCCCC1N. The van der Waals surface area contributed by atoms with Gasteiger partial charge in [-0.1, -0.05) is 12.8 Å². The first kappa shape index (κ1) is 13.3. The Labute approximate surface area is 98.1 Å². The van der Waals surface area contributed by atoms with Crippen molar-refractivity contribution in [3.63, 3.8) is 0 Å². The van der Waals surface area contributed by atoms with Crippen LogP contribution in [0.1, 0.15) is 46.0 Å². The molecule has 16 heavy (non-hydrogen) atoms. The Bertz CT molecular complexity index is 217. The van der Waals surface area contributed by atoms with Gasteiger partial charge in [0.2, 0.25) is 0 Å². The maximum Gasteiger partial charge on any atom is 0.410 e. The molecule has 1 fully saturated rings. The lowest BCUT2D eigenvalue weighted by Crippen LogP contribution is -2.41. The maximum absolute atomic E-state index is 11.8. The van der Waals surface area contributed by atoms with Gasteiger partial charge in [-0.05, 0) is 33.1 Å². The average Bonchev–Trinajstić information content (AvgIpc) is 2.46. The largest absolute Gasteiger partial charge is 0.444 e. The fraction of sp³-hybridized carbons (Fsp3) is 0.917. The van der Waals surface area contributed by atoms with Gasteiger partial charge in [0.25, 0.3) is 0 Å². The molecule has 1 aliphatic carbocycles. The van der Waals surface area contributed by atoms with Crippen molar-refractivity contribution in [3.8, 4) is 0 Å². The first-order valence-electron chi connectivity index (χ1n) is 6.40. The van der Waals surface area contributed by atoms with Crippen LogP contribution in [0.4, 0.5) is 4.79 Å². The molecule has 1 saturated carbocycles. The second kappa shape index (κ2) is 6.74. The molecule has 0 saturated heterocycles. The van der Waals surface area contributed by atoms with Crippen molar-refractivity contribution in [3.05, 3.63) is 0 Å². The Morgan fingerprint density at radius 3 is 2.50 bits per heavy atom. The molecule has 0 aromatic heterocycles. The molecule has 0 radical (unpaired) electrons. The summed E-state index contributed by atoms with van der Waals surface area (Å²) in [6, 6.07) is 0.0158. The molecule has 2 N–H and O–H groups in total. The van der Waals surface area contributed by atoms with E-state index in [0.717, 1.165) is 25.7 Å². The third-order valence-corrected chi connectivity index (χ3v) is 3.28. The fourth-order valence-electron chi connectivity index (χ4n) is 2.13. The van der Waals surface area contributed by atoms with Crippen LogP contribution < -0.4 is 5.73 Å². The molecule has 0 bridgehead atoms. The first-order chi connectivity index (χ1) is 7.69. The molecule has 0 aromatic carbocycles. The molecule has 1 rings (SSSR count). The Hall–Kier alpha value is -0.770. The molecule has 0 heterocycles. The number of rotatable bonds is 3. The summed E-state index contributed by atoms with van der Waals surface area (Å²) in [6.07, 6.45) is 5.05. The van der Waals surface area contributed by atoms with Crippen molar-refractivity contribution >= 4 is 6.09 Å². The van der Waals surface area contributed by atoms with Crippen molar-refractivity contribution in [1.29, 1.82) is 0 Å². The first-order valence-corrected chi connectivity index (χ1v) is 6.40. The average molecular weight is 228 g/mol. The lowest BCUT2D eigenvalue weighted by molar-refractivity contribution is 0.0502. The van der Waals surface area contributed by atoms with Gasteiger partial charge in [-0.2, -0.15) is 0 Å². The van der Waals surface area contributed by atoms with Gasteiger partial charge < -0.3 is 15.4 Å². The molecule has 0 aliphatic heterocycles. The number of nitrogens with two attached hydrogens (primary N) is 1. The van der Waals surface area contributed by atoms with Crippen LogP contribution in [0.5, 0.6) is 0 Å². The Morgan fingerprint density at radius 1 is 1.25 bits per heavy atom. The van der Waals surface area contributed by atoms with E-state index >= 15 is 0 Å². The summed E-state index contributed by atoms with van der Waals surface area (Å²) >= 11 is 0. The van der Waals surface area contributed by atoms with Gasteiger partial charge in [-0.3, -0.25) is 0 Å². The van der Waals surface area contributed by atoms with Crippen LogP contribution in [0.15, 0.2) is 0 Å². The molecular formula is C12H24N2O2. The Balaban J connectivity index is 2.47. The quantitative estimate of drug-likeness (QED) is 0.753. The van der Waals surface area contributed by atoms with Crippen molar-refractivity contribution in [1.82, 2.24) is 4.90 Å². The summed E-state index contributed by atoms with van der Waals surface area (Å²) in [4.78, 5) is 13.5. The normalized spacial score (nSPS) is 25.9. The third kappa shape index (κ3) is 3.67. The van der Waals surface area contributed by atoms with Crippen molar-refractivity contribution in [2.75, 3.05) is 13.1 Å². The summed E-state index contributed by atoms with van der Waals surface area (Å²) in [7, 11) is 0. The van der Waals surface area contributed by atoms with E-state index in [1.807, 2.05) is 13.8 Å². The van der Waals surface area contributed by atoms with Gasteiger partial charge in [-0.15, -0.1) is 0 Å². The zero-order valence-corrected chi connectivity index (χ0v) is 10.4. The molecule has 2 unspecified atom stereocenters. The van der Waals surface area contributed by atoms with Crippen molar-refractivity contribution in [2.24, 2.45) is 5.73 Å². The Morgan fingerprint density at radius 2 is 1.88 bits per heavy atom. The van der Waals surface area contributed by atoms with E-state index in [1.165, 1.54) is 6.42 Å². The number of amides is 1. The monoisotopic (exact) mass is 228 g/mol. The predicted octanol–water partition coefficient (Wildman–Crippen LogP) is 2.12. The van der Waals surface area contributed by atoms with E-state index in [0.29, 0.717) is 13.1 Å². The molecule has 2 atom stereocenters. The van der Waals surface area contributed by atoms with Crippen LogP contribution in [0.3, 0.4) is 0 Å². The second-order valence-corrected chi connectivity index (χ2v) is 4.40. The molecule has 4 nitrogen and oxygen atoms in total. The van der Waals surface area contributed by atoms with E-state index in [2.05, 4.69) is 0 Å². The minimum absolute atomic E-state index is 0.0158. The van der Waals surface area contributed by atoms with Crippen LogP contribution in [-0.2, 0) is 4.74 Å². The molecule has 1 aliphatic rings. The maximum atomic E-state index is 11.8. The number of nitrogens with zero attached hydrogens (tertiary/aromatic N) is 1. The van der Waals surface area contributed by atoms with Crippen LogP contribution in [0.25, 0.3) is 0 Å². The molecular weight excluding hydrogens is 204 g/mol. The molecule has 0 spiro atoms. The lowest BCUT2D eigenvalue weighted by Gasteiger charge is -2.26. The fourth-order valence-corrected chi connectivity index (χ4v) is 2.13. The summed E-state index contributed by atoms with van der Waals surface area (Å²) in [5.41, 5.74) is 6.01. The van der Waals surface area contributed by atoms with Gasteiger partial charge in [0, 0.05) is 19.1 Å². The van der Waals surface area contributed by atoms with Gasteiger partial charge in [0.15, 0.2) is 0 Å². The van der Waals surface area contributed by atoms with E-state index in [1.54, 1.807) is 4.90 Å². The van der Waals surface area contributed by atoms with Crippen LogP contribution in [0.2, 0.25) is 0 Å². The summed E-state index contributed by atoms with van der Waals surface area (Å²) in [6.45, 7) is 5.30. The smallest absolute Gasteiger partial charge is 0.410 e. The van der Waals surface area contributed by atoms with Crippen molar-refractivity contribution < 1.29 is 9.53 Å². The lowest BCUT2D eigenvalue weighted by atomic mass is 10.1. The highest BCUT2D eigenvalue weighted by molar-refractivity contribution is 5.67. The number of ether oxygens (including phenoxy) is 1. The molecule has 0 aromatic rings. The minimum atomic E-state index is -0.215. The topological polar surface area (TPSA) is 55.6 Å². The zero-order chi connectivity index (χ0) is 12.0. The highest BCUT2D eigenvalue weighted by atomic mass is 16.6. The van der Waals surface area contributed by atoms with Gasteiger partial charge in [0.1, 0.15) is 6.10 Å². The van der Waals surface area contributed by atoms with Gasteiger partial charge >= 0.3 is 6.09 Å². The summed E-state index contributed by atoms with van der Waals surface area (Å²) < 4.78 is 5.49. The zero-order valence-electron chi connectivity index (χ0n) is 10.4. The minimum Gasteiger partial charge on any atom is -0.444 e. The van der Waals surface area contributed by atoms with E-state index in [-0.39, 0.29) is 18.2 Å². The van der Waals surface area contributed by atoms with E-state index < -0.39 is 0 Å². The number of carbonyl (C=O) groups excluding carboxylic acids is 1. The number of hydrogen-bond donors (Lipinski definition) is 1. The molecule has 1 amide bonds. The summed E-state index contributed by atoms with van der Waals surface area (Å²) in [5, 5.41) is 0. The third-order valence-electron chi connectivity index (χ3n) is 3.28. The summed E-state index contributed by atoms with van der Waals surface area (Å²) in [5.74, 6) is 0. The molecule has 4 heteroatoms. The van der Waals surface area contributed by atoms with E-state index in [4.69, 9.17) is 10.5 Å². The number of hydrogen-bond acceptors (Lipinski definition) is 3. The van der Waals surface area contributed by atoms with Crippen molar-refractivity contribution in [2.45, 2.75) is 58.1 Å². The van der Waals surface area contributed by atoms with Crippen LogP contribution in [0, 0.1) is 0 Å². The van der Waals surface area contributed by atoms with E-state index in [9.17, 15) is 4.79 Å². The van der Waals surface area contributed by atoms with Gasteiger partial charge in [0.05, 0.1) is 0 Å². The predicted molar refractivity (Wildman–Crippen MR) is 64.3 cm³/mol.